The van der Waals surface area contributed by atoms with Gasteiger partial charge in [-0.15, -0.1) is 0 Å². The van der Waals surface area contributed by atoms with E-state index in [0.29, 0.717) is 12.1 Å². The average Bonchev–Trinajstić information content (AvgIpc) is 1.84. The zero-order valence-corrected chi connectivity index (χ0v) is 5.70. The Kier molecular flexibility index (Phi) is 1.53. The molecule has 0 aromatic rings. The predicted molar refractivity (Wildman–Crippen MR) is 37.5 cm³/mol. The van der Waals surface area contributed by atoms with Crippen molar-refractivity contribution in [2.24, 2.45) is 4.99 Å². The van der Waals surface area contributed by atoms with Crippen LogP contribution in [0.2, 0.25) is 0 Å². The number of amidine groups is 1. The van der Waals surface area contributed by atoms with Crippen molar-refractivity contribution < 1.29 is 10.2 Å². The topological polar surface area (TPSA) is 56.1 Å². The van der Waals surface area contributed by atoms with E-state index < -0.39 is 0 Å². The summed E-state index contributed by atoms with van der Waals surface area (Å²) in [5, 5.41) is 17.8. The number of hydrogen-bond donors (Lipinski definition) is 2. The van der Waals surface area contributed by atoms with Gasteiger partial charge in [-0.3, -0.25) is 0 Å². The van der Waals surface area contributed by atoms with Crippen LogP contribution in [0.1, 0.15) is 6.92 Å². The average molecular weight is 141 g/mol. The van der Waals surface area contributed by atoms with Crippen molar-refractivity contribution in [2.75, 3.05) is 6.54 Å². The van der Waals surface area contributed by atoms with Crippen LogP contribution < -0.4 is 0 Å². The molecule has 1 rings (SSSR count). The molecule has 4 nitrogen and oxygen atoms in total. The van der Waals surface area contributed by atoms with E-state index in [1.54, 1.807) is 6.92 Å². The highest BCUT2D eigenvalue weighted by Gasteiger charge is 2.14. The fourth-order valence-corrected chi connectivity index (χ4v) is 0.689. The quantitative estimate of drug-likeness (QED) is 0.524. The van der Waals surface area contributed by atoms with Gasteiger partial charge in [-0.2, -0.15) is 4.99 Å². The number of nitrogens with zero attached hydrogens (tertiary/aromatic N) is 2. The molecule has 0 aliphatic carbocycles. The smallest absolute Gasteiger partial charge is 0.293 e. The molecule has 1 heterocycles. The van der Waals surface area contributed by atoms with Crippen LogP contribution in [0.25, 0.3) is 0 Å². The number of aliphatic imine (C=N–C) groups is 1. The maximum Gasteiger partial charge on any atom is 0.293 e. The lowest BCUT2D eigenvalue weighted by molar-refractivity contribution is 0.347. The van der Waals surface area contributed by atoms with Crippen LogP contribution >= 0.6 is 0 Å². The third-order valence-corrected chi connectivity index (χ3v) is 1.30. The van der Waals surface area contributed by atoms with Crippen LogP contribution in [0.5, 0.6) is 0 Å². The van der Waals surface area contributed by atoms with Crippen molar-refractivity contribution in [3.05, 3.63) is 18.5 Å². The van der Waals surface area contributed by atoms with Gasteiger partial charge in [0.05, 0.1) is 0 Å². The minimum Gasteiger partial charge on any atom is -0.493 e. The third kappa shape index (κ3) is 1.05. The highest BCUT2D eigenvalue weighted by Crippen LogP contribution is 2.10. The molecule has 0 atom stereocenters. The largest absolute Gasteiger partial charge is 0.493 e. The molecule has 1 aliphatic heterocycles. The van der Waals surface area contributed by atoms with E-state index in [9.17, 15) is 0 Å². The Morgan fingerprint density at radius 2 is 2.20 bits per heavy atom. The third-order valence-electron chi connectivity index (χ3n) is 1.30. The molecular formula is C6H9N2O2. The summed E-state index contributed by atoms with van der Waals surface area (Å²) < 4.78 is 0. The summed E-state index contributed by atoms with van der Waals surface area (Å²) in [6.07, 6.45) is 0. The molecule has 0 aromatic heterocycles. The Morgan fingerprint density at radius 3 is 2.70 bits per heavy atom. The van der Waals surface area contributed by atoms with E-state index in [1.165, 1.54) is 4.90 Å². The van der Waals surface area contributed by atoms with Crippen molar-refractivity contribution in [3.63, 3.8) is 0 Å². The molecule has 1 aliphatic rings. The monoisotopic (exact) mass is 141 g/mol. The Balaban J connectivity index is 2.88. The van der Waals surface area contributed by atoms with Gasteiger partial charge in [0.2, 0.25) is 5.88 Å². The first kappa shape index (κ1) is 6.92. The lowest BCUT2D eigenvalue weighted by Crippen LogP contribution is -2.29. The van der Waals surface area contributed by atoms with Crippen LogP contribution in [0.3, 0.4) is 0 Å². The van der Waals surface area contributed by atoms with Gasteiger partial charge in [0, 0.05) is 19.2 Å². The zero-order chi connectivity index (χ0) is 7.72. The standard InChI is InChI=1S/C6H9N2O2/c1-4-3-8(2)6(10)7-5(4)9/h9H,2-3H2,1H3,(H,7,10). The van der Waals surface area contributed by atoms with E-state index in [0.717, 1.165) is 0 Å². The molecule has 0 amide bonds. The fourth-order valence-electron chi connectivity index (χ4n) is 0.689. The SMILES string of the molecule is [CH2]N1CC(C)=C(O)N=C1O. The van der Waals surface area contributed by atoms with Gasteiger partial charge in [-0.25, -0.2) is 0 Å². The van der Waals surface area contributed by atoms with E-state index in [1.807, 2.05) is 0 Å². The molecule has 0 bridgehead atoms. The van der Waals surface area contributed by atoms with Crippen LogP contribution in [0.4, 0.5) is 0 Å². The Labute approximate surface area is 59.1 Å². The maximum atomic E-state index is 8.94. The first-order chi connectivity index (χ1) is 4.61. The summed E-state index contributed by atoms with van der Waals surface area (Å²) in [4.78, 5) is 4.72. The Morgan fingerprint density at radius 1 is 1.60 bits per heavy atom. The molecule has 1 radical (unpaired) electrons. The molecule has 0 saturated carbocycles. The van der Waals surface area contributed by atoms with Gasteiger partial charge in [0.15, 0.2) is 0 Å². The molecule has 0 fully saturated rings. The predicted octanol–water partition coefficient (Wildman–Crippen LogP) is 0.797. The second-order valence-corrected chi connectivity index (χ2v) is 2.21. The molecule has 10 heavy (non-hydrogen) atoms. The van der Waals surface area contributed by atoms with Crippen LogP contribution in [-0.2, 0) is 0 Å². The summed E-state index contributed by atoms with van der Waals surface area (Å²) in [6, 6.07) is -0.247. The summed E-state index contributed by atoms with van der Waals surface area (Å²) in [7, 11) is 3.47. The highest BCUT2D eigenvalue weighted by molar-refractivity contribution is 5.74. The highest BCUT2D eigenvalue weighted by atomic mass is 16.3. The number of aliphatic hydroxyl groups is 2. The van der Waals surface area contributed by atoms with Gasteiger partial charge in [-0.05, 0) is 6.92 Å². The van der Waals surface area contributed by atoms with E-state index in [-0.39, 0.29) is 11.9 Å². The van der Waals surface area contributed by atoms with Crippen molar-refractivity contribution in [1.82, 2.24) is 4.90 Å². The van der Waals surface area contributed by atoms with Crippen molar-refractivity contribution in [2.45, 2.75) is 6.92 Å². The summed E-state index contributed by atoms with van der Waals surface area (Å²) in [6.45, 7) is 2.14. The van der Waals surface area contributed by atoms with Crippen molar-refractivity contribution in [1.29, 1.82) is 0 Å². The van der Waals surface area contributed by atoms with Gasteiger partial charge in [-0.1, -0.05) is 0 Å². The van der Waals surface area contributed by atoms with Gasteiger partial charge in [0.25, 0.3) is 6.02 Å². The maximum absolute atomic E-state index is 8.94. The van der Waals surface area contributed by atoms with E-state index in [4.69, 9.17) is 10.2 Å². The summed E-state index contributed by atoms with van der Waals surface area (Å²) >= 11 is 0. The van der Waals surface area contributed by atoms with Crippen molar-refractivity contribution in [3.8, 4) is 0 Å². The number of rotatable bonds is 0. The minimum absolute atomic E-state index is 0.114. The van der Waals surface area contributed by atoms with Crippen LogP contribution in [0.15, 0.2) is 16.4 Å². The Hall–Kier alpha value is -1.19. The zero-order valence-electron chi connectivity index (χ0n) is 5.70. The lowest BCUT2D eigenvalue weighted by Gasteiger charge is -2.20. The minimum atomic E-state index is -0.247. The summed E-state index contributed by atoms with van der Waals surface area (Å²) in [5.74, 6) is -0.114. The van der Waals surface area contributed by atoms with Crippen molar-refractivity contribution >= 4 is 6.02 Å². The molecule has 4 heteroatoms. The normalized spacial score (nSPS) is 19.4. The lowest BCUT2D eigenvalue weighted by atomic mass is 10.3. The van der Waals surface area contributed by atoms with E-state index >= 15 is 0 Å². The summed E-state index contributed by atoms with van der Waals surface area (Å²) in [5.41, 5.74) is 0.702. The van der Waals surface area contributed by atoms with E-state index in [2.05, 4.69) is 12.0 Å². The number of hydrogen-bond acceptors (Lipinski definition) is 3. The molecule has 2 N–H and O–H groups in total. The van der Waals surface area contributed by atoms with Gasteiger partial charge >= 0.3 is 0 Å². The van der Waals surface area contributed by atoms with Gasteiger partial charge in [0.1, 0.15) is 0 Å². The Bertz CT molecular complexity index is 208. The fraction of sp³-hybridized carbons (Fsp3) is 0.333. The molecule has 0 aromatic carbocycles. The first-order valence-electron chi connectivity index (χ1n) is 2.85. The second-order valence-electron chi connectivity index (χ2n) is 2.21. The molecular weight excluding hydrogens is 132 g/mol. The second kappa shape index (κ2) is 2.21. The molecule has 55 valence electrons. The first-order valence-corrected chi connectivity index (χ1v) is 2.85. The molecule has 0 saturated heterocycles. The molecule has 0 unspecified atom stereocenters. The van der Waals surface area contributed by atoms with Crippen LogP contribution in [0, 0.1) is 7.05 Å². The molecule has 0 spiro atoms. The van der Waals surface area contributed by atoms with Crippen LogP contribution in [-0.4, -0.2) is 27.7 Å². The van der Waals surface area contributed by atoms with Gasteiger partial charge < -0.3 is 15.1 Å². The number of aliphatic hydroxyl groups excluding tert-OH is 2.